The third kappa shape index (κ3) is 5.96. The van der Waals surface area contributed by atoms with Gasteiger partial charge in [0.15, 0.2) is 0 Å². The summed E-state index contributed by atoms with van der Waals surface area (Å²) in [6.45, 7) is -0.642. The fourth-order valence-corrected chi connectivity index (χ4v) is 2.53. The zero-order valence-corrected chi connectivity index (χ0v) is 17.1. The Morgan fingerprint density at radius 3 is 2.17 bits per heavy atom. The first-order valence-electron chi connectivity index (χ1n) is 8.13. The topological polar surface area (TPSA) is 142 Å². The molecule has 0 radical (unpaired) electrons. The van der Waals surface area contributed by atoms with Gasteiger partial charge in [-0.2, -0.15) is 0 Å². The fraction of sp³-hybridized carbons (Fsp3) is 0.167. The van der Waals surface area contributed by atoms with Crippen LogP contribution in [0.25, 0.3) is 0 Å². The van der Waals surface area contributed by atoms with Gasteiger partial charge in [0.2, 0.25) is 5.91 Å². The average molecular weight is 513 g/mol. The van der Waals surface area contributed by atoms with E-state index in [1.807, 2.05) is 22.6 Å². The molecular weight excluding hydrogens is 497 g/mol. The number of nitro groups is 1. The standard InChI is InChI=1S/C18H16IN3O7/c19-11-29-17(24)13-3-7-14(8-4-13)21(16(23)9-20)18(25)28-10-12-1-5-15(6-2-12)22(26)27/h1-8H,9-11,20H2. The fourth-order valence-electron chi connectivity index (χ4n) is 2.25. The number of esters is 1. The molecule has 0 aliphatic carbocycles. The van der Waals surface area contributed by atoms with Crippen molar-refractivity contribution in [3.8, 4) is 0 Å². The number of nitrogens with zero attached hydrogens (tertiary/aromatic N) is 2. The van der Waals surface area contributed by atoms with Crippen molar-refractivity contribution in [1.82, 2.24) is 0 Å². The van der Waals surface area contributed by atoms with Crippen molar-refractivity contribution in [3.63, 3.8) is 0 Å². The SMILES string of the molecule is NCC(=O)N(C(=O)OCc1ccc([N+](=O)[O-])cc1)c1ccc(C(=O)OCI)cc1. The number of carbonyl (C=O) groups excluding carboxylic acids is 3. The van der Waals surface area contributed by atoms with Crippen molar-refractivity contribution in [2.75, 3.05) is 16.1 Å². The number of alkyl halides is 1. The number of carbonyl (C=O) groups is 3. The van der Waals surface area contributed by atoms with E-state index in [1.165, 1.54) is 48.5 Å². The molecule has 2 amide bonds. The molecule has 0 spiro atoms. The lowest BCUT2D eigenvalue weighted by Crippen LogP contribution is -2.41. The number of amides is 2. The smallest absolute Gasteiger partial charge is 0.421 e. The highest BCUT2D eigenvalue weighted by atomic mass is 127. The third-order valence-corrected chi connectivity index (χ3v) is 3.97. The lowest BCUT2D eigenvalue weighted by Gasteiger charge is -2.20. The van der Waals surface area contributed by atoms with Gasteiger partial charge in [-0.3, -0.25) is 14.9 Å². The Bertz CT molecular complexity index is 901. The van der Waals surface area contributed by atoms with E-state index in [9.17, 15) is 24.5 Å². The summed E-state index contributed by atoms with van der Waals surface area (Å²) in [4.78, 5) is 47.2. The molecule has 0 saturated heterocycles. The lowest BCUT2D eigenvalue weighted by atomic mass is 10.2. The van der Waals surface area contributed by atoms with E-state index < -0.39 is 29.4 Å². The number of halogens is 1. The quantitative estimate of drug-likeness (QED) is 0.196. The summed E-state index contributed by atoms with van der Waals surface area (Å²) >= 11 is 1.88. The highest BCUT2D eigenvalue weighted by molar-refractivity contribution is 14.1. The Morgan fingerprint density at radius 2 is 1.66 bits per heavy atom. The van der Waals surface area contributed by atoms with Crippen molar-refractivity contribution in [1.29, 1.82) is 0 Å². The van der Waals surface area contributed by atoms with Crippen LogP contribution < -0.4 is 10.6 Å². The van der Waals surface area contributed by atoms with Crippen LogP contribution in [0.15, 0.2) is 48.5 Å². The Labute approximate surface area is 178 Å². The first kappa shape index (κ1) is 22.2. The molecule has 0 aliphatic heterocycles. The molecule has 0 bridgehead atoms. The second-order valence-electron chi connectivity index (χ2n) is 5.50. The van der Waals surface area contributed by atoms with Crippen molar-refractivity contribution in [2.24, 2.45) is 5.73 Å². The molecule has 0 fully saturated rings. The highest BCUT2D eigenvalue weighted by Crippen LogP contribution is 2.19. The maximum absolute atomic E-state index is 12.4. The van der Waals surface area contributed by atoms with Gasteiger partial charge in [0.05, 0.1) is 22.7 Å². The molecule has 0 atom stereocenters. The minimum absolute atomic E-state index is 0.0961. The summed E-state index contributed by atoms with van der Waals surface area (Å²) in [7, 11) is 0. The van der Waals surface area contributed by atoms with Gasteiger partial charge in [-0.05, 0) is 64.6 Å². The number of nitro benzene ring substituents is 1. The van der Waals surface area contributed by atoms with Crippen molar-refractivity contribution >= 4 is 51.9 Å². The van der Waals surface area contributed by atoms with Crippen LogP contribution in [0.2, 0.25) is 0 Å². The summed E-state index contributed by atoms with van der Waals surface area (Å²) in [6.07, 6.45) is -0.971. The van der Waals surface area contributed by atoms with E-state index in [-0.39, 0.29) is 28.2 Å². The monoisotopic (exact) mass is 513 g/mol. The molecular formula is C18H16IN3O7. The number of ether oxygens (including phenoxy) is 2. The zero-order chi connectivity index (χ0) is 21.4. The predicted molar refractivity (Wildman–Crippen MR) is 111 cm³/mol. The number of benzene rings is 2. The lowest BCUT2D eigenvalue weighted by molar-refractivity contribution is -0.384. The zero-order valence-electron chi connectivity index (χ0n) is 14.9. The molecule has 0 aromatic heterocycles. The van der Waals surface area contributed by atoms with Crippen LogP contribution in [0.3, 0.4) is 0 Å². The molecule has 2 aromatic rings. The Kier molecular flexibility index (Phi) is 8.03. The van der Waals surface area contributed by atoms with Crippen LogP contribution in [-0.2, 0) is 20.9 Å². The molecule has 29 heavy (non-hydrogen) atoms. The van der Waals surface area contributed by atoms with E-state index in [0.717, 1.165) is 4.90 Å². The number of anilines is 1. The number of rotatable bonds is 7. The van der Waals surface area contributed by atoms with Crippen molar-refractivity contribution < 1.29 is 28.8 Å². The molecule has 10 nitrogen and oxygen atoms in total. The van der Waals surface area contributed by atoms with E-state index >= 15 is 0 Å². The first-order valence-corrected chi connectivity index (χ1v) is 9.66. The molecule has 2 aromatic carbocycles. The number of hydrogen-bond donors (Lipinski definition) is 1. The van der Waals surface area contributed by atoms with E-state index in [1.54, 1.807) is 0 Å². The van der Waals surface area contributed by atoms with E-state index in [4.69, 9.17) is 15.2 Å². The normalized spacial score (nSPS) is 10.1. The van der Waals surface area contributed by atoms with Crippen molar-refractivity contribution in [2.45, 2.75) is 6.61 Å². The van der Waals surface area contributed by atoms with Gasteiger partial charge < -0.3 is 15.2 Å². The van der Waals surface area contributed by atoms with Crippen LogP contribution in [-0.4, -0.2) is 34.1 Å². The first-order chi connectivity index (χ1) is 13.9. The maximum atomic E-state index is 12.4. The minimum Gasteiger partial charge on any atom is -0.451 e. The predicted octanol–water partition coefficient (Wildman–Crippen LogP) is 2.77. The second-order valence-corrected chi connectivity index (χ2v) is 6.12. The number of hydrogen-bond acceptors (Lipinski definition) is 8. The summed E-state index contributed by atoms with van der Waals surface area (Å²) in [5, 5.41) is 10.7. The molecule has 0 heterocycles. The highest BCUT2D eigenvalue weighted by Gasteiger charge is 2.24. The Morgan fingerprint density at radius 1 is 1.03 bits per heavy atom. The summed E-state index contributed by atoms with van der Waals surface area (Å²) in [5.41, 5.74) is 6.21. The molecule has 0 aliphatic rings. The van der Waals surface area contributed by atoms with Gasteiger partial charge in [-0.25, -0.2) is 14.5 Å². The number of imide groups is 1. The van der Waals surface area contributed by atoms with Gasteiger partial charge >= 0.3 is 12.1 Å². The third-order valence-electron chi connectivity index (χ3n) is 3.66. The molecule has 0 unspecified atom stereocenters. The van der Waals surface area contributed by atoms with Crippen LogP contribution in [0.5, 0.6) is 0 Å². The summed E-state index contributed by atoms with van der Waals surface area (Å²) < 4.78 is 10.2. The second kappa shape index (κ2) is 10.5. The van der Waals surface area contributed by atoms with E-state index in [2.05, 4.69) is 0 Å². The summed E-state index contributed by atoms with van der Waals surface area (Å²) in [6, 6.07) is 11.0. The minimum atomic E-state index is -0.971. The van der Waals surface area contributed by atoms with Gasteiger partial charge in [-0.15, -0.1) is 0 Å². The summed E-state index contributed by atoms with van der Waals surface area (Å²) in [5.74, 6) is -1.25. The molecule has 11 heteroatoms. The van der Waals surface area contributed by atoms with E-state index in [0.29, 0.717) is 5.56 Å². The largest absolute Gasteiger partial charge is 0.451 e. The van der Waals surface area contributed by atoms with Gasteiger partial charge in [0.25, 0.3) is 5.69 Å². The maximum Gasteiger partial charge on any atom is 0.421 e. The molecule has 2 rings (SSSR count). The molecule has 0 saturated carbocycles. The van der Waals surface area contributed by atoms with Gasteiger partial charge in [-0.1, -0.05) is 0 Å². The molecule has 2 N–H and O–H groups in total. The van der Waals surface area contributed by atoms with Crippen molar-refractivity contribution in [3.05, 3.63) is 69.8 Å². The van der Waals surface area contributed by atoms with Gasteiger partial charge in [0, 0.05) is 12.1 Å². The Hall–Kier alpha value is -3.06. The van der Waals surface area contributed by atoms with Crippen LogP contribution in [0.4, 0.5) is 16.2 Å². The van der Waals surface area contributed by atoms with Crippen LogP contribution in [0.1, 0.15) is 15.9 Å². The average Bonchev–Trinajstić information content (AvgIpc) is 2.73. The number of non-ortho nitro benzene ring substituents is 1. The van der Waals surface area contributed by atoms with Crippen LogP contribution in [0, 0.1) is 10.1 Å². The van der Waals surface area contributed by atoms with Gasteiger partial charge in [0.1, 0.15) is 11.2 Å². The van der Waals surface area contributed by atoms with Crippen LogP contribution >= 0.6 is 22.6 Å². The number of nitrogens with two attached hydrogens (primary N) is 1. The Balaban J connectivity index is 2.12. The molecule has 152 valence electrons.